The summed E-state index contributed by atoms with van der Waals surface area (Å²) in [5.74, 6) is 0. The topological polar surface area (TPSA) is 54.4 Å². The standard InChI is InChI=1S/C9H14N2O2S/c1-7-4-14-8(11-7)10-5-9(12)2-3-13-6-9/h4,12H,2-3,5-6H2,1H3,(H,10,11). The highest BCUT2D eigenvalue weighted by Crippen LogP contribution is 2.20. The van der Waals surface area contributed by atoms with Crippen molar-refractivity contribution in [1.29, 1.82) is 0 Å². The molecule has 1 aromatic rings. The van der Waals surface area contributed by atoms with E-state index in [1.54, 1.807) is 11.3 Å². The average molecular weight is 214 g/mol. The Morgan fingerprint density at radius 3 is 3.21 bits per heavy atom. The Hall–Kier alpha value is -0.650. The summed E-state index contributed by atoms with van der Waals surface area (Å²) in [6.45, 7) is 3.54. The molecule has 1 unspecified atom stereocenters. The number of rotatable bonds is 3. The molecule has 2 rings (SSSR count). The lowest BCUT2D eigenvalue weighted by Gasteiger charge is -2.20. The Bertz CT molecular complexity index is 308. The first-order valence-electron chi connectivity index (χ1n) is 4.64. The van der Waals surface area contributed by atoms with Gasteiger partial charge in [0.25, 0.3) is 0 Å². The molecule has 1 saturated heterocycles. The Morgan fingerprint density at radius 1 is 1.79 bits per heavy atom. The van der Waals surface area contributed by atoms with Crippen molar-refractivity contribution in [2.24, 2.45) is 0 Å². The Kier molecular flexibility index (Phi) is 2.71. The van der Waals surface area contributed by atoms with Gasteiger partial charge in [-0.15, -0.1) is 11.3 Å². The number of hydrogen-bond donors (Lipinski definition) is 2. The van der Waals surface area contributed by atoms with Gasteiger partial charge in [-0.2, -0.15) is 0 Å². The van der Waals surface area contributed by atoms with E-state index in [0.717, 1.165) is 10.8 Å². The zero-order valence-corrected chi connectivity index (χ0v) is 8.93. The van der Waals surface area contributed by atoms with Crippen LogP contribution in [0.15, 0.2) is 5.38 Å². The molecular formula is C9H14N2O2S. The highest BCUT2D eigenvalue weighted by atomic mass is 32.1. The lowest BCUT2D eigenvalue weighted by atomic mass is 10.0. The highest BCUT2D eigenvalue weighted by molar-refractivity contribution is 7.13. The van der Waals surface area contributed by atoms with E-state index in [4.69, 9.17) is 4.74 Å². The summed E-state index contributed by atoms with van der Waals surface area (Å²) in [5.41, 5.74) is 0.298. The second-order valence-electron chi connectivity index (χ2n) is 3.67. The molecule has 0 spiro atoms. The first kappa shape index (κ1) is 9.89. The predicted octanol–water partition coefficient (Wildman–Crippen LogP) is 1.01. The van der Waals surface area contributed by atoms with Gasteiger partial charge in [0.1, 0.15) is 5.60 Å². The van der Waals surface area contributed by atoms with Gasteiger partial charge >= 0.3 is 0 Å². The van der Waals surface area contributed by atoms with Crippen molar-refractivity contribution in [3.8, 4) is 0 Å². The van der Waals surface area contributed by atoms with Crippen LogP contribution < -0.4 is 5.32 Å². The van der Waals surface area contributed by atoms with Gasteiger partial charge in [-0.25, -0.2) is 4.98 Å². The van der Waals surface area contributed by atoms with Gasteiger partial charge < -0.3 is 15.2 Å². The van der Waals surface area contributed by atoms with Crippen LogP contribution in [0.25, 0.3) is 0 Å². The molecule has 14 heavy (non-hydrogen) atoms. The molecule has 5 heteroatoms. The maximum Gasteiger partial charge on any atom is 0.182 e. The molecule has 0 bridgehead atoms. The minimum Gasteiger partial charge on any atom is -0.386 e. The van der Waals surface area contributed by atoms with Crippen molar-refractivity contribution >= 4 is 16.5 Å². The van der Waals surface area contributed by atoms with Crippen molar-refractivity contribution in [2.75, 3.05) is 25.1 Å². The molecule has 1 aromatic heterocycles. The minimum atomic E-state index is -0.709. The third-order valence-corrected chi connectivity index (χ3v) is 3.19. The zero-order valence-electron chi connectivity index (χ0n) is 8.12. The van der Waals surface area contributed by atoms with Crippen LogP contribution in [-0.4, -0.2) is 35.5 Å². The second kappa shape index (κ2) is 3.84. The zero-order chi connectivity index (χ0) is 10.0. The molecule has 0 radical (unpaired) electrons. The number of nitrogens with one attached hydrogen (secondary N) is 1. The van der Waals surface area contributed by atoms with Gasteiger partial charge in [0.15, 0.2) is 5.13 Å². The normalized spacial score (nSPS) is 26.7. The average Bonchev–Trinajstić information content (AvgIpc) is 2.73. The van der Waals surface area contributed by atoms with E-state index in [9.17, 15) is 5.11 Å². The number of nitrogens with zero attached hydrogens (tertiary/aromatic N) is 1. The molecule has 78 valence electrons. The van der Waals surface area contributed by atoms with Gasteiger partial charge in [0.05, 0.1) is 12.3 Å². The molecule has 4 nitrogen and oxygen atoms in total. The number of aromatic nitrogens is 1. The largest absolute Gasteiger partial charge is 0.386 e. The SMILES string of the molecule is Cc1csc(NCC2(O)CCOC2)n1. The van der Waals surface area contributed by atoms with Gasteiger partial charge in [0, 0.05) is 25.0 Å². The highest BCUT2D eigenvalue weighted by Gasteiger charge is 2.32. The Balaban J connectivity index is 1.87. The molecule has 0 aromatic carbocycles. The van der Waals surface area contributed by atoms with E-state index >= 15 is 0 Å². The third kappa shape index (κ3) is 2.23. The van der Waals surface area contributed by atoms with E-state index in [-0.39, 0.29) is 0 Å². The summed E-state index contributed by atoms with van der Waals surface area (Å²) < 4.78 is 5.15. The van der Waals surface area contributed by atoms with Gasteiger partial charge in [-0.1, -0.05) is 0 Å². The van der Waals surface area contributed by atoms with Crippen molar-refractivity contribution in [3.05, 3.63) is 11.1 Å². The van der Waals surface area contributed by atoms with Crippen molar-refractivity contribution in [2.45, 2.75) is 18.9 Å². The van der Waals surface area contributed by atoms with Crippen LogP contribution in [0.5, 0.6) is 0 Å². The second-order valence-corrected chi connectivity index (χ2v) is 4.53. The van der Waals surface area contributed by atoms with Crippen LogP contribution >= 0.6 is 11.3 Å². The summed E-state index contributed by atoms with van der Waals surface area (Å²) in [5, 5.41) is 15.9. The van der Waals surface area contributed by atoms with Crippen LogP contribution in [0.3, 0.4) is 0 Å². The third-order valence-electron chi connectivity index (χ3n) is 2.27. The lowest BCUT2D eigenvalue weighted by Crippen LogP contribution is -2.37. The van der Waals surface area contributed by atoms with Crippen LogP contribution in [0.4, 0.5) is 5.13 Å². The summed E-state index contributed by atoms with van der Waals surface area (Å²) in [7, 11) is 0. The molecule has 0 saturated carbocycles. The fourth-order valence-electron chi connectivity index (χ4n) is 1.41. The summed E-state index contributed by atoms with van der Waals surface area (Å²) >= 11 is 1.56. The number of ether oxygens (including phenoxy) is 1. The summed E-state index contributed by atoms with van der Waals surface area (Å²) in [4.78, 5) is 4.26. The minimum absolute atomic E-state index is 0.421. The molecule has 2 N–H and O–H groups in total. The van der Waals surface area contributed by atoms with E-state index < -0.39 is 5.60 Å². The Morgan fingerprint density at radius 2 is 2.64 bits per heavy atom. The predicted molar refractivity (Wildman–Crippen MR) is 55.7 cm³/mol. The lowest BCUT2D eigenvalue weighted by molar-refractivity contribution is 0.0382. The molecule has 1 fully saturated rings. The number of anilines is 1. The van der Waals surface area contributed by atoms with E-state index in [2.05, 4.69) is 10.3 Å². The van der Waals surface area contributed by atoms with Crippen LogP contribution in [0.1, 0.15) is 12.1 Å². The molecule has 0 aliphatic carbocycles. The van der Waals surface area contributed by atoms with Crippen molar-refractivity contribution in [1.82, 2.24) is 4.98 Å². The summed E-state index contributed by atoms with van der Waals surface area (Å²) in [6, 6.07) is 0. The van der Waals surface area contributed by atoms with Crippen LogP contribution in [-0.2, 0) is 4.74 Å². The first-order chi connectivity index (χ1) is 6.68. The maximum absolute atomic E-state index is 9.95. The van der Waals surface area contributed by atoms with Crippen molar-refractivity contribution < 1.29 is 9.84 Å². The van der Waals surface area contributed by atoms with E-state index in [1.807, 2.05) is 12.3 Å². The number of thiazole rings is 1. The quantitative estimate of drug-likeness (QED) is 0.788. The summed E-state index contributed by atoms with van der Waals surface area (Å²) in [6.07, 6.45) is 0.699. The molecule has 1 aliphatic rings. The number of aliphatic hydroxyl groups is 1. The fraction of sp³-hybridized carbons (Fsp3) is 0.667. The fourth-order valence-corrected chi connectivity index (χ4v) is 2.10. The van der Waals surface area contributed by atoms with Crippen LogP contribution in [0, 0.1) is 6.92 Å². The van der Waals surface area contributed by atoms with E-state index in [0.29, 0.717) is 26.2 Å². The van der Waals surface area contributed by atoms with Crippen LogP contribution in [0.2, 0.25) is 0 Å². The maximum atomic E-state index is 9.95. The van der Waals surface area contributed by atoms with E-state index in [1.165, 1.54) is 0 Å². The monoisotopic (exact) mass is 214 g/mol. The van der Waals surface area contributed by atoms with Gasteiger partial charge in [0.2, 0.25) is 0 Å². The molecule has 1 atom stereocenters. The first-order valence-corrected chi connectivity index (χ1v) is 5.52. The smallest absolute Gasteiger partial charge is 0.182 e. The Labute approximate surface area is 86.9 Å². The van der Waals surface area contributed by atoms with Gasteiger partial charge in [-0.05, 0) is 6.92 Å². The molecule has 1 aliphatic heterocycles. The number of hydrogen-bond acceptors (Lipinski definition) is 5. The molecule has 2 heterocycles. The van der Waals surface area contributed by atoms with Gasteiger partial charge in [-0.3, -0.25) is 0 Å². The molecular weight excluding hydrogens is 200 g/mol. The van der Waals surface area contributed by atoms with Crippen molar-refractivity contribution in [3.63, 3.8) is 0 Å². The number of aryl methyl sites for hydroxylation is 1. The molecule has 0 amide bonds.